The smallest absolute Gasteiger partial charge is 0.305 e. The van der Waals surface area contributed by atoms with Gasteiger partial charge in [0.15, 0.2) is 12.5 Å². The summed E-state index contributed by atoms with van der Waals surface area (Å²) in [5, 5.41) is 18.4. The molecule has 1 amide bonds. The molecule has 3 aromatic rings. The van der Waals surface area contributed by atoms with Crippen LogP contribution in [0.3, 0.4) is 0 Å². The SMILES string of the molecule is CC(C)C1OOC(C)(C)C(Nc2c3ccccc3c(C(=O)NCCC(=O)O)c3ccccc23)O1. The minimum absolute atomic E-state index is 0.0505. The summed E-state index contributed by atoms with van der Waals surface area (Å²) in [4.78, 5) is 35.2. The molecule has 8 heteroatoms. The molecule has 180 valence electrons. The second-order valence-electron chi connectivity index (χ2n) is 9.30. The number of fused-ring (bicyclic) bond motifs is 2. The van der Waals surface area contributed by atoms with Gasteiger partial charge in [-0.15, -0.1) is 0 Å². The maximum Gasteiger partial charge on any atom is 0.305 e. The monoisotopic (exact) mass is 466 g/mol. The fourth-order valence-electron chi connectivity index (χ4n) is 4.04. The van der Waals surface area contributed by atoms with Crippen molar-refractivity contribution in [1.82, 2.24) is 5.32 Å². The standard InChI is InChI=1S/C26H30N2O6/c1-15(2)24-32-25(26(3,4)34-33-24)28-22-18-11-7-5-9-16(18)21(17-10-6-8-12-19(17)22)23(31)27-14-13-20(29)30/h5-12,15,24-25,28H,13-14H2,1-4H3,(H,27,31)(H,29,30). The average molecular weight is 467 g/mol. The van der Waals surface area contributed by atoms with Gasteiger partial charge in [-0.05, 0) is 24.6 Å². The number of ether oxygens (including phenoxy) is 1. The molecule has 0 spiro atoms. The van der Waals surface area contributed by atoms with Gasteiger partial charge in [0.1, 0.15) is 5.60 Å². The molecule has 3 aromatic carbocycles. The van der Waals surface area contributed by atoms with E-state index in [9.17, 15) is 9.59 Å². The fourth-order valence-corrected chi connectivity index (χ4v) is 4.04. The number of carboxylic acid groups (broad SMARTS) is 1. The molecule has 1 aliphatic heterocycles. The van der Waals surface area contributed by atoms with Crippen LogP contribution in [0.15, 0.2) is 48.5 Å². The van der Waals surface area contributed by atoms with Crippen LogP contribution in [-0.2, 0) is 19.3 Å². The zero-order valence-electron chi connectivity index (χ0n) is 19.8. The lowest BCUT2D eigenvalue weighted by Crippen LogP contribution is -2.54. The van der Waals surface area contributed by atoms with Gasteiger partial charge in [-0.2, -0.15) is 0 Å². The first-order valence-electron chi connectivity index (χ1n) is 11.4. The van der Waals surface area contributed by atoms with Crippen molar-refractivity contribution in [3.05, 3.63) is 54.1 Å². The van der Waals surface area contributed by atoms with Crippen molar-refractivity contribution in [2.45, 2.75) is 52.2 Å². The van der Waals surface area contributed by atoms with Gasteiger partial charge in [-0.1, -0.05) is 62.4 Å². The van der Waals surface area contributed by atoms with E-state index < -0.39 is 24.1 Å². The van der Waals surface area contributed by atoms with Crippen molar-refractivity contribution in [2.75, 3.05) is 11.9 Å². The van der Waals surface area contributed by atoms with Crippen molar-refractivity contribution < 1.29 is 29.2 Å². The third-order valence-electron chi connectivity index (χ3n) is 5.86. The number of aliphatic carboxylic acids is 1. The fraction of sp³-hybridized carbons (Fsp3) is 0.385. The quantitative estimate of drug-likeness (QED) is 0.343. The molecule has 0 radical (unpaired) electrons. The molecule has 2 unspecified atom stereocenters. The van der Waals surface area contributed by atoms with Crippen LogP contribution in [0.2, 0.25) is 0 Å². The average Bonchev–Trinajstić information content (AvgIpc) is 2.79. The van der Waals surface area contributed by atoms with Crippen molar-refractivity contribution >= 4 is 39.1 Å². The minimum atomic E-state index is -0.962. The summed E-state index contributed by atoms with van der Waals surface area (Å²) in [5.74, 6) is -1.19. The molecular formula is C26H30N2O6. The van der Waals surface area contributed by atoms with Gasteiger partial charge < -0.3 is 20.5 Å². The lowest BCUT2D eigenvalue weighted by Gasteiger charge is -2.42. The van der Waals surface area contributed by atoms with E-state index in [-0.39, 0.29) is 24.8 Å². The summed E-state index contributed by atoms with van der Waals surface area (Å²) in [6.45, 7) is 7.80. The van der Waals surface area contributed by atoms with E-state index in [1.807, 2.05) is 76.2 Å². The Labute approximate surface area is 198 Å². The zero-order valence-corrected chi connectivity index (χ0v) is 19.8. The number of nitrogens with one attached hydrogen (secondary N) is 2. The molecule has 4 rings (SSSR count). The van der Waals surface area contributed by atoms with E-state index in [1.54, 1.807) is 0 Å². The van der Waals surface area contributed by atoms with Crippen LogP contribution in [0.1, 0.15) is 44.5 Å². The van der Waals surface area contributed by atoms with E-state index >= 15 is 0 Å². The number of anilines is 1. The Kier molecular flexibility index (Phi) is 6.74. The Morgan fingerprint density at radius 2 is 1.56 bits per heavy atom. The third kappa shape index (κ3) is 4.70. The van der Waals surface area contributed by atoms with E-state index in [0.717, 1.165) is 27.2 Å². The molecule has 0 bridgehead atoms. The van der Waals surface area contributed by atoms with Crippen LogP contribution in [0, 0.1) is 5.92 Å². The number of rotatable bonds is 7. The highest BCUT2D eigenvalue weighted by Crippen LogP contribution is 2.39. The van der Waals surface area contributed by atoms with E-state index in [4.69, 9.17) is 19.6 Å². The highest BCUT2D eigenvalue weighted by Gasteiger charge is 2.42. The Hall–Kier alpha value is -3.20. The minimum Gasteiger partial charge on any atom is -0.481 e. The molecule has 1 aliphatic rings. The van der Waals surface area contributed by atoms with Crippen LogP contribution in [0.4, 0.5) is 5.69 Å². The van der Waals surface area contributed by atoms with Gasteiger partial charge in [0, 0.05) is 23.2 Å². The first-order valence-corrected chi connectivity index (χ1v) is 11.4. The normalized spacial score (nSPS) is 19.9. The second-order valence-corrected chi connectivity index (χ2v) is 9.30. The molecule has 0 saturated carbocycles. The first kappa shape index (κ1) is 23.9. The van der Waals surface area contributed by atoms with Gasteiger partial charge in [0.25, 0.3) is 5.91 Å². The Morgan fingerprint density at radius 3 is 2.09 bits per heavy atom. The van der Waals surface area contributed by atoms with Gasteiger partial charge >= 0.3 is 5.97 Å². The molecule has 8 nitrogen and oxygen atoms in total. The largest absolute Gasteiger partial charge is 0.481 e. The molecule has 1 heterocycles. The molecule has 2 atom stereocenters. The zero-order chi connectivity index (χ0) is 24.5. The highest BCUT2D eigenvalue weighted by atomic mass is 17.2. The maximum atomic E-state index is 13.2. The lowest BCUT2D eigenvalue weighted by molar-refractivity contribution is -0.485. The topological polar surface area (TPSA) is 106 Å². The molecule has 0 aromatic heterocycles. The Balaban J connectivity index is 1.82. The van der Waals surface area contributed by atoms with Gasteiger partial charge in [-0.3, -0.25) is 9.59 Å². The van der Waals surface area contributed by atoms with Crippen molar-refractivity contribution in [2.24, 2.45) is 5.92 Å². The molecule has 1 saturated heterocycles. The summed E-state index contributed by atoms with van der Waals surface area (Å²) < 4.78 is 6.22. The van der Waals surface area contributed by atoms with E-state index in [2.05, 4.69) is 10.6 Å². The van der Waals surface area contributed by atoms with Crippen LogP contribution >= 0.6 is 0 Å². The van der Waals surface area contributed by atoms with Gasteiger partial charge in [0.2, 0.25) is 0 Å². The first-order chi connectivity index (χ1) is 16.2. The van der Waals surface area contributed by atoms with E-state index in [1.165, 1.54) is 0 Å². The maximum absolute atomic E-state index is 13.2. The van der Waals surface area contributed by atoms with Crippen LogP contribution in [0.25, 0.3) is 21.5 Å². The summed E-state index contributed by atoms with van der Waals surface area (Å²) in [6, 6.07) is 15.3. The summed E-state index contributed by atoms with van der Waals surface area (Å²) in [7, 11) is 0. The number of hydrogen-bond donors (Lipinski definition) is 3. The molecule has 34 heavy (non-hydrogen) atoms. The molecule has 1 fully saturated rings. The summed E-state index contributed by atoms with van der Waals surface area (Å²) in [5.41, 5.74) is 0.547. The highest BCUT2D eigenvalue weighted by molar-refractivity contribution is 6.23. The predicted octanol–water partition coefficient (Wildman–Crippen LogP) is 4.67. The third-order valence-corrected chi connectivity index (χ3v) is 5.86. The summed E-state index contributed by atoms with van der Waals surface area (Å²) >= 11 is 0. The van der Waals surface area contributed by atoms with Crippen molar-refractivity contribution in [3.8, 4) is 0 Å². The number of amides is 1. The number of carbonyl (C=O) groups is 2. The lowest BCUT2D eigenvalue weighted by atomic mass is 9.93. The summed E-state index contributed by atoms with van der Waals surface area (Å²) in [6.07, 6.45) is -1.19. The second kappa shape index (κ2) is 9.58. The van der Waals surface area contributed by atoms with E-state index in [0.29, 0.717) is 5.56 Å². The van der Waals surface area contributed by atoms with Gasteiger partial charge in [-0.25, -0.2) is 9.78 Å². The Morgan fingerprint density at radius 1 is 1.00 bits per heavy atom. The Bertz CT molecular complexity index is 1170. The molecular weight excluding hydrogens is 436 g/mol. The van der Waals surface area contributed by atoms with Gasteiger partial charge in [0.05, 0.1) is 17.7 Å². The van der Waals surface area contributed by atoms with Crippen LogP contribution in [-0.4, -0.2) is 41.6 Å². The predicted molar refractivity (Wildman–Crippen MR) is 129 cm³/mol. The number of benzene rings is 3. The van der Waals surface area contributed by atoms with Crippen LogP contribution in [0.5, 0.6) is 0 Å². The number of hydrogen-bond acceptors (Lipinski definition) is 6. The van der Waals surface area contributed by atoms with Crippen molar-refractivity contribution in [1.29, 1.82) is 0 Å². The number of carboxylic acids is 1. The number of carbonyl (C=O) groups excluding carboxylic acids is 1. The van der Waals surface area contributed by atoms with Crippen LogP contribution < -0.4 is 10.6 Å². The molecule has 0 aliphatic carbocycles. The molecule has 3 N–H and O–H groups in total. The van der Waals surface area contributed by atoms with Crippen molar-refractivity contribution in [3.63, 3.8) is 0 Å².